The van der Waals surface area contributed by atoms with Crippen molar-refractivity contribution in [1.82, 2.24) is 41.6 Å². The second kappa shape index (κ2) is 28.5. The Kier molecular flexibility index (Phi) is 20.3. The van der Waals surface area contributed by atoms with E-state index in [0.717, 1.165) is 52.6 Å². The molecule has 7 N–H and O–H groups in total. The number of amides is 7. The van der Waals surface area contributed by atoms with E-state index in [1.54, 1.807) is 55.5 Å². The summed E-state index contributed by atoms with van der Waals surface area (Å²) >= 11 is 0. The van der Waals surface area contributed by atoms with Crippen molar-refractivity contribution in [2.75, 3.05) is 19.7 Å². The molecule has 0 spiro atoms. The van der Waals surface area contributed by atoms with Crippen molar-refractivity contribution >= 4 is 57.3 Å². The molecular weight excluding hydrogens is 1100 g/mol. The van der Waals surface area contributed by atoms with Crippen molar-refractivity contribution in [2.45, 2.75) is 112 Å². The minimum absolute atomic E-state index is 0.0196. The summed E-state index contributed by atoms with van der Waals surface area (Å²) in [5, 5.41) is 18.3. The molecule has 1 aliphatic heterocycles. The zero-order chi connectivity index (χ0) is 59.9. The molecule has 6 aromatic carbocycles. The van der Waals surface area contributed by atoms with Gasteiger partial charge in [0.1, 0.15) is 30.4 Å². The van der Waals surface area contributed by atoms with Crippen LogP contribution < -0.4 is 36.7 Å². The summed E-state index contributed by atoms with van der Waals surface area (Å²) in [7, 11) is -4.20. The number of sulfonamides is 1. The van der Waals surface area contributed by atoms with Gasteiger partial charge in [-0.2, -0.15) is 5.10 Å². The molecule has 1 heterocycles. The molecule has 5 atom stereocenters. The second-order valence-corrected chi connectivity index (χ2v) is 23.3. The van der Waals surface area contributed by atoms with Crippen LogP contribution in [0.3, 0.4) is 0 Å². The van der Waals surface area contributed by atoms with Gasteiger partial charge in [0.15, 0.2) is 5.78 Å². The molecule has 19 nitrogen and oxygen atoms in total. The zero-order valence-electron chi connectivity index (χ0n) is 47.4. The number of ether oxygens (including phenoxy) is 1. The molecular formula is C65H71N9O10S. The van der Waals surface area contributed by atoms with Crippen LogP contribution >= 0.6 is 0 Å². The number of likely N-dealkylation sites (tertiary alicyclic amines) is 1. The number of benzene rings is 6. The highest BCUT2D eigenvalue weighted by atomic mass is 32.2. The molecule has 7 amide bonds. The van der Waals surface area contributed by atoms with E-state index < -0.39 is 94.3 Å². The average Bonchev–Trinajstić information content (AvgIpc) is 3.41. The largest absolute Gasteiger partial charge is 0.449 e. The minimum Gasteiger partial charge on any atom is -0.449 e. The first-order valence-electron chi connectivity index (χ1n) is 28.9. The van der Waals surface area contributed by atoms with Crippen LogP contribution in [-0.4, -0.2) is 104 Å². The maximum atomic E-state index is 15.4. The summed E-state index contributed by atoms with van der Waals surface area (Å²) in [6, 6.07) is 43.1. The van der Waals surface area contributed by atoms with Crippen LogP contribution in [0.5, 0.6) is 0 Å². The lowest BCUT2D eigenvalue weighted by atomic mass is 9.83. The Morgan fingerprint density at radius 2 is 1.21 bits per heavy atom. The van der Waals surface area contributed by atoms with E-state index in [1.165, 1.54) is 24.0 Å². The third-order valence-corrected chi connectivity index (χ3v) is 17.3. The number of hydrogen-bond donors (Lipinski definition) is 7. The fourth-order valence-corrected chi connectivity index (χ4v) is 12.9. The van der Waals surface area contributed by atoms with Crippen molar-refractivity contribution < 1.29 is 46.7 Å². The molecule has 2 aliphatic carbocycles. The number of rotatable bonds is 23. The number of Topliss-reactive ketones (excluding diaryl/α,β-unsaturated/α-hetero) is 1. The molecule has 20 heteroatoms. The van der Waals surface area contributed by atoms with Crippen LogP contribution in [0.25, 0.3) is 11.1 Å². The van der Waals surface area contributed by atoms with Gasteiger partial charge in [0.25, 0.3) is 5.91 Å². The lowest BCUT2D eigenvalue weighted by Crippen LogP contribution is -2.58. The van der Waals surface area contributed by atoms with E-state index in [-0.39, 0.29) is 48.5 Å². The predicted octanol–water partition coefficient (Wildman–Crippen LogP) is 7.71. The van der Waals surface area contributed by atoms with Crippen LogP contribution in [0.1, 0.15) is 111 Å². The number of alkyl carbamates (subject to hydrolysis) is 1. The smallest absolute Gasteiger partial charge is 0.407 e. The van der Waals surface area contributed by atoms with Crippen molar-refractivity contribution in [3.63, 3.8) is 0 Å². The number of carbonyl (C=O) groups excluding carboxylic acids is 7. The topological polar surface area (TPSA) is 263 Å². The van der Waals surface area contributed by atoms with E-state index in [4.69, 9.17) is 4.74 Å². The first kappa shape index (κ1) is 60.6. The maximum absolute atomic E-state index is 15.4. The van der Waals surface area contributed by atoms with Gasteiger partial charge in [-0.15, -0.1) is 0 Å². The lowest BCUT2D eigenvalue weighted by molar-refractivity contribution is -0.141. The van der Waals surface area contributed by atoms with Crippen LogP contribution in [0.4, 0.5) is 9.59 Å². The van der Waals surface area contributed by atoms with Crippen molar-refractivity contribution in [1.29, 1.82) is 0 Å². The molecule has 0 aromatic heterocycles. The van der Waals surface area contributed by atoms with Crippen LogP contribution in [0.2, 0.25) is 0 Å². The fourth-order valence-electron chi connectivity index (χ4n) is 11.7. The van der Waals surface area contributed by atoms with Crippen molar-refractivity contribution in [3.8, 4) is 11.1 Å². The van der Waals surface area contributed by atoms with Gasteiger partial charge in [0.05, 0.1) is 23.5 Å². The molecule has 1 saturated heterocycles. The summed E-state index contributed by atoms with van der Waals surface area (Å²) in [6.45, 7) is 2.18. The number of nitrogens with one attached hydrogen (secondary N) is 7. The maximum Gasteiger partial charge on any atom is 0.407 e. The molecule has 3 aliphatic rings. The van der Waals surface area contributed by atoms with E-state index >= 15 is 9.59 Å². The number of hydrogen-bond acceptors (Lipinski definition) is 11. The van der Waals surface area contributed by atoms with Gasteiger partial charge in [0.2, 0.25) is 27.7 Å². The molecule has 0 radical (unpaired) electrons. The standard InChI is InChI=1S/C65H71N9O10S/c1-3-23-54(60(62(78)66-39-56(76)68-57(42(2)75)43-24-9-4-10-25-43)71-72-64(80)69-58(44-26-11-5-12-27-44)45-28-13-6-14-29-45)67-61(77)55-38-47(73-85(82,83)48-32-17-8-18-33-48)40-74(55)63(79)59(46-30-15-7-16-31-46)70-65(81)84-41-53-51-36-21-19-34-49(51)50-35-20-22-37-52(50)53/h4-6,8-14,17-22,24-29,32-37,46-47,53-55,57-59,73H,3,7,15-16,23,30-31,38-41H2,1-2H3,(H,66,78)(H,67,77)(H,68,76)(H,70,81)(H2,69,72,80)/t47-,54+,55?,57-,59-/m1/s1. The molecule has 1 unspecified atom stereocenters. The number of carbonyl (C=O) groups is 7. The summed E-state index contributed by atoms with van der Waals surface area (Å²) in [6.07, 6.45) is 2.99. The molecule has 85 heavy (non-hydrogen) atoms. The number of nitrogens with zero attached hydrogens (tertiary/aromatic N) is 2. The Bertz CT molecular complexity index is 3390. The van der Waals surface area contributed by atoms with Gasteiger partial charge >= 0.3 is 12.1 Å². The Hall–Kier alpha value is -9.01. The van der Waals surface area contributed by atoms with Gasteiger partial charge in [-0.25, -0.2) is 28.2 Å². The van der Waals surface area contributed by atoms with E-state index in [9.17, 15) is 32.4 Å². The quantitative estimate of drug-likeness (QED) is 0.0243. The third-order valence-electron chi connectivity index (χ3n) is 15.8. The number of ketones is 1. The van der Waals surface area contributed by atoms with Crippen LogP contribution in [0.15, 0.2) is 180 Å². The Morgan fingerprint density at radius 3 is 1.79 bits per heavy atom. The zero-order valence-corrected chi connectivity index (χ0v) is 48.3. The van der Waals surface area contributed by atoms with E-state index in [0.29, 0.717) is 24.8 Å². The van der Waals surface area contributed by atoms with Crippen LogP contribution in [0, 0.1) is 5.92 Å². The molecule has 6 aromatic rings. The monoisotopic (exact) mass is 1170 g/mol. The lowest BCUT2D eigenvalue weighted by Gasteiger charge is -2.34. The summed E-state index contributed by atoms with van der Waals surface area (Å²) in [4.78, 5) is 101. The van der Waals surface area contributed by atoms with Crippen LogP contribution in [-0.2, 0) is 38.7 Å². The first-order chi connectivity index (χ1) is 41.2. The first-order valence-corrected chi connectivity index (χ1v) is 30.3. The van der Waals surface area contributed by atoms with Gasteiger partial charge in [-0.05, 0) is 89.6 Å². The van der Waals surface area contributed by atoms with E-state index in [1.807, 2.05) is 109 Å². The van der Waals surface area contributed by atoms with Gasteiger partial charge in [-0.3, -0.25) is 24.0 Å². The number of fused-ring (bicyclic) bond motifs is 3. The number of hydrazone groups is 1. The highest BCUT2D eigenvalue weighted by molar-refractivity contribution is 7.89. The summed E-state index contributed by atoms with van der Waals surface area (Å²) < 4.78 is 36.5. The Balaban J connectivity index is 0.996. The highest BCUT2D eigenvalue weighted by Gasteiger charge is 2.46. The van der Waals surface area contributed by atoms with Crippen molar-refractivity contribution in [3.05, 3.63) is 198 Å². The number of urea groups is 1. The normalized spacial score (nSPS) is 17.1. The fraction of sp³-hybridized carbons (Fsp3) is 0.323. The minimum atomic E-state index is -4.20. The Labute approximate surface area is 495 Å². The molecule has 0 bridgehead atoms. The van der Waals surface area contributed by atoms with Gasteiger partial charge in [0, 0.05) is 18.5 Å². The average molecular weight is 1170 g/mol. The predicted molar refractivity (Wildman–Crippen MR) is 321 cm³/mol. The SMILES string of the molecule is CCC[C@H](NC(=O)C1C[C@@H](NS(=O)(=O)c2ccccc2)CN1C(=O)[C@H](NC(=O)OCC1c2ccccc2-c2ccccc21)C1CCCCC1)C(=NNC(=O)NC(c1ccccc1)c1ccccc1)C(=O)NCC(=O)N[C@H](C(C)=O)c1ccccc1. The highest BCUT2D eigenvalue weighted by Crippen LogP contribution is 2.44. The van der Waals surface area contributed by atoms with Gasteiger partial charge < -0.3 is 36.2 Å². The molecule has 1 saturated carbocycles. The summed E-state index contributed by atoms with van der Waals surface area (Å²) in [5.41, 5.74) is 8.12. The van der Waals surface area contributed by atoms with Gasteiger partial charge in [-0.1, -0.05) is 190 Å². The second-order valence-electron chi connectivity index (χ2n) is 21.6. The third kappa shape index (κ3) is 15.2. The molecule has 2 fully saturated rings. The molecule has 9 rings (SSSR count). The molecule has 442 valence electrons. The van der Waals surface area contributed by atoms with Crippen molar-refractivity contribution in [2.24, 2.45) is 11.0 Å². The summed E-state index contributed by atoms with van der Waals surface area (Å²) in [5.74, 6) is -4.10. The Morgan fingerprint density at radius 1 is 0.659 bits per heavy atom. The van der Waals surface area contributed by atoms with E-state index in [2.05, 4.69) is 41.8 Å².